The fourth-order valence-corrected chi connectivity index (χ4v) is 6.54. The van der Waals surface area contributed by atoms with Gasteiger partial charge in [-0.25, -0.2) is 0 Å². The van der Waals surface area contributed by atoms with E-state index in [2.05, 4.69) is 17.1 Å². The Morgan fingerprint density at radius 2 is 1.75 bits per heavy atom. The summed E-state index contributed by atoms with van der Waals surface area (Å²) >= 11 is 0. The Balaban J connectivity index is 1.48. The Kier molecular flexibility index (Phi) is 3.77. The van der Waals surface area contributed by atoms with Crippen molar-refractivity contribution in [3.05, 3.63) is 17.0 Å². The zero-order valence-electron chi connectivity index (χ0n) is 15.6. The highest BCUT2D eigenvalue weighted by Crippen LogP contribution is 2.61. The van der Waals surface area contributed by atoms with E-state index in [0.717, 1.165) is 35.6 Å². The van der Waals surface area contributed by atoms with Crippen LogP contribution < -0.4 is 0 Å². The fourth-order valence-electron chi connectivity index (χ4n) is 6.54. The number of carbonyl (C=O) groups excluding carboxylic acids is 1. The molecule has 4 fully saturated rings. The Hall–Kier alpha value is -1.32. The Morgan fingerprint density at radius 3 is 2.21 bits per heavy atom. The van der Waals surface area contributed by atoms with Gasteiger partial charge in [-0.2, -0.15) is 5.10 Å². The van der Waals surface area contributed by atoms with Crippen LogP contribution in [0.5, 0.6) is 0 Å². The average Bonchev–Trinajstić information content (AvgIpc) is 2.83. The van der Waals surface area contributed by atoms with Crippen LogP contribution in [0.2, 0.25) is 0 Å². The summed E-state index contributed by atoms with van der Waals surface area (Å²) in [5.74, 6) is 3.05. The van der Waals surface area contributed by atoms with Gasteiger partial charge in [0, 0.05) is 24.7 Å². The van der Waals surface area contributed by atoms with Gasteiger partial charge in [-0.05, 0) is 82.5 Å². The normalized spacial score (nSPS) is 35.2. The zero-order chi connectivity index (χ0) is 17.1. The Bertz CT molecular complexity index is 593. The number of carbonyl (C=O) groups is 1. The predicted octanol–water partition coefficient (Wildman–Crippen LogP) is 4.15. The van der Waals surface area contributed by atoms with Gasteiger partial charge in [0.1, 0.15) is 0 Å². The summed E-state index contributed by atoms with van der Waals surface area (Å²) in [6.07, 6.45) is 8.98. The van der Waals surface area contributed by atoms with Crippen molar-refractivity contribution in [3.63, 3.8) is 0 Å². The summed E-state index contributed by atoms with van der Waals surface area (Å²) in [5, 5.41) is 7.35. The number of rotatable bonds is 4. The molecule has 0 spiro atoms. The highest BCUT2D eigenvalue weighted by Gasteiger charge is 2.51. The maximum atomic E-state index is 13.1. The highest BCUT2D eigenvalue weighted by molar-refractivity contribution is 5.77. The van der Waals surface area contributed by atoms with Crippen LogP contribution in [0.1, 0.15) is 74.9 Å². The van der Waals surface area contributed by atoms with Crippen LogP contribution in [0, 0.1) is 37.0 Å². The van der Waals surface area contributed by atoms with E-state index in [-0.39, 0.29) is 6.04 Å². The first-order valence-corrected chi connectivity index (χ1v) is 9.64. The lowest BCUT2D eigenvalue weighted by atomic mass is 9.49. The molecule has 1 amide bonds. The van der Waals surface area contributed by atoms with Gasteiger partial charge in [-0.15, -0.1) is 0 Å². The van der Waals surface area contributed by atoms with Gasteiger partial charge in [-0.3, -0.25) is 9.89 Å². The van der Waals surface area contributed by atoms with E-state index >= 15 is 0 Å². The number of nitrogens with one attached hydrogen (secondary N) is 1. The van der Waals surface area contributed by atoms with Gasteiger partial charge in [0.25, 0.3) is 0 Å². The first-order valence-electron chi connectivity index (χ1n) is 9.64. The Labute approximate surface area is 145 Å². The number of hydrogen-bond acceptors (Lipinski definition) is 2. The molecule has 1 aromatic rings. The van der Waals surface area contributed by atoms with Crippen molar-refractivity contribution in [2.45, 2.75) is 71.8 Å². The summed E-state index contributed by atoms with van der Waals surface area (Å²) in [7, 11) is 1.97. The van der Waals surface area contributed by atoms with Crippen molar-refractivity contribution >= 4 is 5.91 Å². The minimum absolute atomic E-state index is 0.0881. The first kappa shape index (κ1) is 16.2. The SMILES string of the molecule is Cc1n[nH]c(C)c1C(C)N(C)C(=O)CC12CC3CC(CC(C3)C1)C2. The number of amides is 1. The van der Waals surface area contributed by atoms with E-state index in [1.165, 1.54) is 44.1 Å². The summed E-state index contributed by atoms with van der Waals surface area (Å²) in [5.41, 5.74) is 3.58. The zero-order valence-corrected chi connectivity index (χ0v) is 15.6. The molecule has 1 atom stereocenters. The molecule has 0 saturated heterocycles. The summed E-state index contributed by atoms with van der Waals surface area (Å²) in [6.45, 7) is 6.19. The highest BCUT2D eigenvalue weighted by atomic mass is 16.2. The summed E-state index contributed by atoms with van der Waals surface area (Å²) < 4.78 is 0. The number of aromatic nitrogens is 2. The van der Waals surface area contributed by atoms with Crippen molar-refractivity contribution in [1.29, 1.82) is 0 Å². The monoisotopic (exact) mass is 329 g/mol. The van der Waals surface area contributed by atoms with Crippen molar-refractivity contribution in [2.75, 3.05) is 7.05 Å². The molecule has 4 aliphatic rings. The number of H-pyrrole nitrogens is 1. The van der Waals surface area contributed by atoms with Gasteiger partial charge in [0.15, 0.2) is 0 Å². The predicted molar refractivity (Wildman–Crippen MR) is 94.5 cm³/mol. The van der Waals surface area contributed by atoms with Crippen LogP contribution in [-0.2, 0) is 4.79 Å². The molecule has 4 nitrogen and oxygen atoms in total. The molecule has 1 heterocycles. The standard InChI is InChI=1S/C20H31N3O/c1-12-19(13(2)22-21-12)14(3)23(4)18(24)11-20-8-15-5-16(9-20)7-17(6-15)10-20/h14-17H,5-11H2,1-4H3,(H,21,22). The molecule has 4 saturated carbocycles. The second kappa shape index (κ2) is 5.60. The summed E-state index contributed by atoms with van der Waals surface area (Å²) in [4.78, 5) is 15.0. The van der Waals surface area contributed by atoms with Crippen molar-refractivity contribution < 1.29 is 4.79 Å². The lowest BCUT2D eigenvalue weighted by Gasteiger charge is -2.57. The van der Waals surface area contributed by atoms with Gasteiger partial charge in [0.2, 0.25) is 5.91 Å². The Morgan fingerprint density at radius 1 is 1.21 bits per heavy atom. The maximum absolute atomic E-state index is 13.1. The molecule has 24 heavy (non-hydrogen) atoms. The second-order valence-electron chi connectivity index (χ2n) is 9.12. The molecule has 0 radical (unpaired) electrons. The van der Waals surface area contributed by atoms with Crippen molar-refractivity contribution in [2.24, 2.45) is 23.2 Å². The molecular formula is C20H31N3O. The van der Waals surface area contributed by atoms with E-state index < -0.39 is 0 Å². The lowest BCUT2D eigenvalue weighted by Crippen LogP contribution is -2.48. The lowest BCUT2D eigenvalue weighted by molar-refractivity contribution is -0.140. The molecule has 0 aliphatic heterocycles. The van der Waals surface area contributed by atoms with Crippen LogP contribution in [-0.4, -0.2) is 28.1 Å². The third-order valence-electron chi connectivity index (χ3n) is 7.27. The average molecular weight is 329 g/mol. The van der Waals surface area contributed by atoms with Crippen LogP contribution in [0.3, 0.4) is 0 Å². The topological polar surface area (TPSA) is 49.0 Å². The van der Waals surface area contributed by atoms with E-state index in [0.29, 0.717) is 11.3 Å². The first-order chi connectivity index (χ1) is 11.4. The van der Waals surface area contributed by atoms with Gasteiger partial charge in [0.05, 0.1) is 11.7 Å². The molecule has 1 aromatic heterocycles. The molecular weight excluding hydrogens is 298 g/mol. The van der Waals surface area contributed by atoms with Gasteiger partial charge < -0.3 is 4.90 Å². The van der Waals surface area contributed by atoms with Crippen LogP contribution in [0.4, 0.5) is 0 Å². The fraction of sp³-hybridized carbons (Fsp3) is 0.800. The third-order valence-corrected chi connectivity index (χ3v) is 7.27. The van der Waals surface area contributed by atoms with Crippen LogP contribution in [0.25, 0.3) is 0 Å². The third kappa shape index (κ3) is 2.58. The quantitative estimate of drug-likeness (QED) is 0.902. The molecule has 1 N–H and O–H groups in total. The van der Waals surface area contributed by atoms with E-state index in [1.807, 2.05) is 25.8 Å². The molecule has 4 bridgehead atoms. The molecule has 1 unspecified atom stereocenters. The van der Waals surface area contributed by atoms with E-state index in [1.54, 1.807) is 0 Å². The van der Waals surface area contributed by atoms with E-state index in [4.69, 9.17) is 0 Å². The smallest absolute Gasteiger partial charge is 0.223 e. The van der Waals surface area contributed by atoms with E-state index in [9.17, 15) is 4.79 Å². The molecule has 132 valence electrons. The minimum atomic E-state index is 0.0881. The van der Waals surface area contributed by atoms with Crippen LogP contribution >= 0.6 is 0 Å². The molecule has 4 aliphatic carbocycles. The second-order valence-corrected chi connectivity index (χ2v) is 9.12. The van der Waals surface area contributed by atoms with Gasteiger partial charge >= 0.3 is 0 Å². The largest absolute Gasteiger partial charge is 0.339 e. The molecule has 0 aromatic carbocycles. The number of hydrogen-bond donors (Lipinski definition) is 1. The van der Waals surface area contributed by atoms with Crippen LogP contribution in [0.15, 0.2) is 0 Å². The number of aromatic amines is 1. The number of nitrogens with zero attached hydrogens (tertiary/aromatic N) is 2. The van der Waals surface area contributed by atoms with Gasteiger partial charge in [-0.1, -0.05) is 0 Å². The molecule has 5 rings (SSSR count). The minimum Gasteiger partial charge on any atom is -0.339 e. The summed E-state index contributed by atoms with van der Waals surface area (Å²) in [6, 6.07) is 0.0881. The molecule has 4 heteroatoms. The number of aryl methyl sites for hydroxylation is 2. The van der Waals surface area contributed by atoms with Crippen molar-refractivity contribution in [3.8, 4) is 0 Å². The van der Waals surface area contributed by atoms with Crippen molar-refractivity contribution in [1.82, 2.24) is 15.1 Å². The maximum Gasteiger partial charge on any atom is 0.223 e.